The molecule has 5 nitrogen and oxygen atoms in total. The van der Waals surface area contributed by atoms with Gasteiger partial charge < -0.3 is 14.8 Å². The van der Waals surface area contributed by atoms with Crippen LogP contribution in [-0.2, 0) is 4.74 Å². The third-order valence-corrected chi connectivity index (χ3v) is 4.56. The van der Waals surface area contributed by atoms with Crippen molar-refractivity contribution in [2.45, 2.75) is 17.4 Å². The lowest BCUT2D eigenvalue weighted by Crippen LogP contribution is -2.17. The number of nitrogens with zero attached hydrogens (tertiary/aromatic N) is 1. The van der Waals surface area contributed by atoms with Crippen LogP contribution in [0, 0.1) is 0 Å². The summed E-state index contributed by atoms with van der Waals surface area (Å²) >= 11 is 7.80. The van der Waals surface area contributed by atoms with Crippen LogP contribution < -0.4 is 10.1 Å². The number of amides is 1. The molecule has 3 rings (SSSR count). The Kier molecular flexibility index (Phi) is 5.60. The lowest BCUT2D eigenvalue weighted by molar-refractivity contribution is 0.102. The zero-order valence-corrected chi connectivity index (χ0v) is 14.7. The summed E-state index contributed by atoms with van der Waals surface area (Å²) in [4.78, 5) is 17.6. The first-order valence-corrected chi connectivity index (χ1v) is 9.11. The molecule has 1 aromatic heterocycles. The summed E-state index contributed by atoms with van der Waals surface area (Å²) in [6.07, 6.45) is 4.22. The van der Waals surface area contributed by atoms with Crippen molar-refractivity contribution in [3.05, 3.63) is 47.1 Å². The van der Waals surface area contributed by atoms with E-state index in [4.69, 9.17) is 21.1 Å². The Labute approximate surface area is 149 Å². The van der Waals surface area contributed by atoms with Crippen LogP contribution in [0.3, 0.4) is 0 Å². The minimum Gasteiger partial charge on any atom is -0.471 e. The molecule has 1 aliphatic heterocycles. The number of rotatable bonds is 5. The van der Waals surface area contributed by atoms with Gasteiger partial charge in [0.25, 0.3) is 5.91 Å². The van der Waals surface area contributed by atoms with Gasteiger partial charge in [-0.25, -0.2) is 4.98 Å². The van der Waals surface area contributed by atoms with Crippen molar-refractivity contribution in [3.8, 4) is 5.88 Å². The van der Waals surface area contributed by atoms with E-state index < -0.39 is 0 Å². The Hall–Kier alpha value is -1.76. The van der Waals surface area contributed by atoms with Crippen LogP contribution in [0.4, 0.5) is 5.69 Å². The molecule has 126 valence electrons. The van der Waals surface area contributed by atoms with Gasteiger partial charge >= 0.3 is 0 Å². The van der Waals surface area contributed by atoms with Crippen molar-refractivity contribution in [2.24, 2.45) is 0 Å². The molecule has 0 radical (unpaired) electrons. The van der Waals surface area contributed by atoms with Crippen LogP contribution in [-0.4, -0.2) is 36.5 Å². The van der Waals surface area contributed by atoms with Gasteiger partial charge in [0.15, 0.2) is 0 Å². The number of benzene rings is 1. The molecule has 1 atom stereocenters. The van der Waals surface area contributed by atoms with Crippen LogP contribution >= 0.6 is 23.4 Å². The lowest BCUT2D eigenvalue weighted by Gasteiger charge is -2.12. The van der Waals surface area contributed by atoms with Crippen LogP contribution in [0.2, 0.25) is 5.02 Å². The van der Waals surface area contributed by atoms with Crippen LogP contribution in [0.5, 0.6) is 5.88 Å². The third kappa shape index (κ3) is 4.20. The van der Waals surface area contributed by atoms with E-state index in [9.17, 15) is 4.79 Å². The zero-order chi connectivity index (χ0) is 16.9. The fourth-order valence-electron chi connectivity index (χ4n) is 2.30. The first kappa shape index (κ1) is 17.1. The fourth-order valence-corrected chi connectivity index (χ4v) is 2.97. The molecule has 0 unspecified atom stereocenters. The van der Waals surface area contributed by atoms with Gasteiger partial charge in [-0.15, -0.1) is 11.8 Å². The van der Waals surface area contributed by atoms with Crippen molar-refractivity contribution in [3.63, 3.8) is 0 Å². The number of hydrogen-bond acceptors (Lipinski definition) is 5. The number of hydrogen-bond donors (Lipinski definition) is 1. The summed E-state index contributed by atoms with van der Waals surface area (Å²) in [5, 5.41) is 3.15. The summed E-state index contributed by atoms with van der Waals surface area (Å²) in [5.41, 5.74) is 1.11. The molecule has 0 spiro atoms. The van der Waals surface area contributed by atoms with Crippen LogP contribution in [0.25, 0.3) is 0 Å². The molecule has 1 saturated heterocycles. The molecular formula is C17H17ClN2O3S. The fraction of sp³-hybridized carbons (Fsp3) is 0.294. The molecule has 2 aromatic rings. The van der Waals surface area contributed by atoms with Crippen molar-refractivity contribution >= 4 is 35.0 Å². The molecule has 1 N–H and O–H groups in total. The van der Waals surface area contributed by atoms with Crippen molar-refractivity contribution < 1.29 is 14.3 Å². The number of halogens is 1. The number of aromatic nitrogens is 1. The van der Waals surface area contributed by atoms with E-state index in [0.717, 1.165) is 17.0 Å². The summed E-state index contributed by atoms with van der Waals surface area (Å²) < 4.78 is 10.9. The first-order chi connectivity index (χ1) is 11.7. The molecule has 1 aliphatic rings. The summed E-state index contributed by atoms with van der Waals surface area (Å²) in [6.45, 7) is 1.21. The highest BCUT2D eigenvalue weighted by molar-refractivity contribution is 7.98. The third-order valence-electron chi connectivity index (χ3n) is 3.56. The Balaban J connectivity index is 1.69. The Morgan fingerprint density at radius 2 is 2.33 bits per heavy atom. The Morgan fingerprint density at radius 1 is 1.46 bits per heavy atom. The van der Waals surface area contributed by atoms with Crippen molar-refractivity contribution in [1.29, 1.82) is 0 Å². The first-order valence-electron chi connectivity index (χ1n) is 7.51. The second-order valence-corrected chi connectivity index (χ2v) is 6.59. The van der Waals surface area contributed by atoms with Gasteiger partial charge in [-0.2, -0.15) is 0 Å². The molecule has 24 heavy (non-hydrogen) atoms. The number of ether oxygens (including phenoxy) is 2. The minimum atomic E-state index is -0.265. The number of carbonyl (C=O) groups is 1. The largest absolute Gasteiger partial charge is 0.471 e. The predicted octanol–water partition coefficient (Wildman–Crippen LogP) is 3.88. The standard InChI is InChI=1S/C17H17ClN2O3S/c1-24-14-4-2-3-12(8-14)20-16(21)11-7-15(18)17(19-9-11)23-13-5-6-22-10-13/h2-4,7-9,13H,5-6,10H2,1H3,(H,20,21)/t13-/m1/s1. The molecule has 7 heteroatoms. The molecule has 1 amide bonds. The van der Waals surface area contributed by atoms with E-state index in [2.05, 4.69) is 10.3 Å². The van der Waals surface area contributed by atoms with Gasteiger partial charge in [0.1, 0.15) is 11.1 Å². The second kappa shape index (κ2) is 7.88. The van der Waals surface area contributed by atoms with Gasteiger partial charge in [0.2, 0.25) is 5.88 Å². The van der Waals surface area contributed by atoms with Crippen LogP contribution in [0.1, 0.15) is 16.8 Å². The van der Waals surface area contributed by atoms with E-state index in [-0.39, 0.29) is 12.0 Å². The zero-order valence-electron chi connectivity index (χ0n) is 13.1. The molecule has 0 bridgehead atoms. The minimum absolute atomic E-state index is 0.0380. The second-order valence-electron chi connectivity index (χ2n) is 5.30. The molecule has 0 aliphatic carbocycles. The van der Waals surface area contributed by atoms with Crippen molar-refractivity contribution in [1.82, 2.24) is 4.98 Å². The quantitative estimate of drug-likeness (QED) is 0.816. The predicted molar refractivity (Wildman–Crippen MR) is 95.3 cm³/mol. The van der Waals surface area contributed by atoms with Gasteiger partial charge in [-0.05, 0) is 30.5 Å². The number of anilines is 1. The molecule has 1 aromatic carbocycles. The monoisotopic (exact) mass is 364 g/mol. The maximum Gasteiger partial charge on any atom is 0.257 e. The highest BCUT2D eigenvalue weighted by atomic mass is 35.5. The summed E-state index contributed by atoms with van der Waals surface area (Å²) in [7, 11) is 0. The van der Waals surface area contributed by atoms with Crippen molar-refractivity contribution in [2.75, 3.05) is 24.8 Å². The number of thioether (sulfide) groups is 1. The highest BCUT2D eigenvalue weighted by Gasteiger charge is 2.20. The Morgan fingerprint density at radius 3 is 3.04 bits per heavy atom. The topological polar surface area (TPSA) is 60.5 Å². The Bertz CT molecular complexity index is 736. The van der Waals surface area contributed by atoms with E-state index in [1.807, 2.05) is 30.5 Å². The van der Waals surface area contributed by atoms with Gasteiger partial charge in [-0.3, -0.25) is 4.79 Å². The van der Waals surface area contributed by atoms with E-state index in [1.165, 1.54) is 6.20 Å². The number of nitrogens with one attached hydrogen (secondary N) is 1. The molecule has 0 saturated carbocycles. The normalized spacial score (nSPS) is 16.8. The average molecular weight is 365 g/mol. The SMILES string of the molecule is CSc1cccc(NC(=O)c2cnc(O[C@@H]3CCOC3)c(Cl)c2)c1. The summed E-state index contributed by atoms with van der Waals surface area (Å²) in [6, 6.07) is 9.19. The van der Waals surface area contributed by atoms with E-state index >= 15 is 0 Å². The molecule has 2 heterocycles. The van der Waals surface area contributed by atoms with Crippen LogP contribution in [0.15, 0.2) is 41.4 Å². The van der Waals surface area contributed by atoms with E-state index in [1.54, 1.807) is 17.8 Å². The average Bonchev–Trinajstić information content (AvgIpc) is 3.10. The maximum atomic E-state index is 12.3. The molecule has 1 fully saturated rings. The lowest BCUT2D eigenvalue weighted by atomic mass is 10.2. The molecular weight excluding hydrogens is 348 g/mol. The van der Waals surface area contributed by atoms with Gasteiger partial charge in [0.05, 0.1) is 18.8 Å². The van der Waals surface area contributed by atoms with Gasteiger partial charge in [0, 0.05) is 23.2 Å². The maximum absolute atomic E-state index is 12.3. The summed E-state index contributed by atoms with van der Waals surface area (Å²) in [5.74, 6) is 0.0616. The smallest absolute Gasteiger partial charge is 0.257 e. The van der Waals surface area contributed by atoms with E-state index in [0.29, 0.717) is 29.7 Å². The number of pyridine rings is 1. The van der Waals surface area contributed by atoms with Gasteiger partial charge in [-0.1, -0.05) is 17.7 Å². The number of carbonyl (C=O) groups excluding carboxylic acids is 1. The highest BCUT2D eigenvalue weighted by Crippen LogP contribution is 2.26.